The van der Waals surface area contributed by atoms with Gasteiger partial charge in [0, 0.05) is 31.1 Å². The van der Waals surface area contributed by atoms with Crippen LogP contribution in [-0.2, 0) is 55.7 Å². The molecule has 0 spiro atoms. The van der Waals surface area contributed by atoms with Gasteiger partial charge in [0.15, 0.2) is 0 Å². The Bertz CT molecular complexity index is 915. The molecule has 0 aromatic heterocycles. The molecular formula is C26H37Cl2N4O3S2Tc. The van der Waals surface area contributed by atoms with E-state index in [1.807, 2.05) is 12.1 Å². The quantitative estimate of drug-likeness (QED) is 0.128. The van der Waals surface area contributed by atoms with Gasteiger partial charge in [-0.2, -0.15) is 11.5 Å². The first-order chi connectivity index (χ1) is 17.4. The summed E-state index contributed by atoms with van der Waals surface area (Å²) in [5.74, 6) is 1.55. The van der Waals surface area contributed by atoms with E-state index in [1.165, 1.54) is 12.0 Å². The molecule has 0 saturated carbocycles. The number of benzene rings is 1. The topological polar surface area (TPSA) is 92.0 Å². The maximum Gasteiger partial charge on any atom is 5.00 e. The van der Waals surface area contributed by atoms with Crippen LogP contribution in [0.2, 0.25) is 10.0 Å². The molecule has 0 radical (unpaired) electrons. The van der Waals surface area contributed by atoms with Crippen LogP contribution in [0, 0.1) is 5.92 Å². The summed E-state index contributed by atoms with van der Waals surface area (Å²) in [7, 11) is 1.62. The zero-order valence-corrected chi connectivity index (χ0v) is 27.0. The summed E-state index contributed by atoms with van der Waals surface area (Å²) in [6, 6.07) is 6.95. The average molecular weight is 687 g/mol. The molecular weight excluding hydrogens is 649 g/mol. The molecule has 2 heterocycles. The van der Waals surface area contributed by atoms with Crippen LogP contribution in [-0.4, -0.2) is 84.8 Å². The van der Waals surface area contributed by atoms with Crippen LogP contribution in [0.25, 0.3) is 0 Å². The maximum atomic E-state index is 12.2. The molecule has 2 saturated heterocycles. The number of rotatable bonds is 14. The third-order valence-corrected chi connectivity index (χ3v) is 8.53. The van der Waals surface area contributed by atoms with Crippen molar-refractivity contribution in [2.45, 2.75) is 57.0 Å². The van der Waals surface area contributed by atoms with Gasteiger partial charge in [0.1, 0.15) is 7.11 Å². The number of hydrogen-bond acceptors (Lipinski definition) is 8. The zero-order valence-electron chi connectivity index (χ0n) is 22.0. The fraction of sp³-hybridized carbons (Fsp3) is 0.692. The molecule has 0 aliphatic carbocycles. The smallest absolute Gasteiger partial charge is 2.00 e. The van der Waals surface area contributed by atoms with E-state index in [-0.39, 0.29) is 37.4 Å². The van der Waals surface area contributed by atoms with E-state index in [0.717, 1.165) is 51.0 Å². The van der Waals surface area contributed by atoms with Crippen LogP contribution in [0.5, 0.6) is 0 Å². The number of halogens is 2. The van der Waals surface area contributed by atoms with Crippen LogP contribution in [0.4, 0.5) is 0 Å². The predicted octanol–water partition coefficient (Wildman–Crippen LogP) is 3.77. The fourth-order valence-electron chi connectivity index (χ4n) is 5.97. The molecule has 3 rings (SSSR count). The molecule has 1 aromatic carbocycles. The van der Waals surface area contributed by atoms with E-state index in [0.29, 0.717) is 52.6 Å². The third-order valence-electron chi connectivity index (χ3n) is 7.43. The van der Waals surface area contributed by atoms with Gasteiger partial charge in [-0.05, 0) is 81.3 Å². The first kappa shape index (κ1) is 36.0. The van der Waals surface area contributed by atoms with Crippen LogP contribution in [0.15, 0.2) is 28.3 Å². The standard InChI is InChI=1S/C26H40Cl2N4O2S2.O.Tc/c1-3-23(30-34-2)26-20(18-5-7-21(27)22(28)15-18)16-19-6-8-24(26)32(19)11-4-10-31(12-14-36)17-25(33)29-9-13-35;;/h5,7,15,19-20,24,26,35-36H,3-4,6,8-14,16-17H2,1-2H3,(H,29,33);;/q;-2;+5/p-3/b30-23+;;/t19?,20-,24?,26+;;/m0../s1/i;;1+0. The van der Waals surface area contributed by atoms with E-state index in [1.54, 1.807) is 7.11 Å². The molecule has 2 aliphatic heterocycles. The molecule has 2 aliphatic rings. The Morgan fingerprint density at radius 1 is 1.18 bits per heavy atom. The summed E-state index contributed by atoms with van der Waals surface area (Å²) in [4.78, 5) is 14.1. The third kappa shape index (κ3) is 9.52. The minimum absolute atomic E-state index is 0. The van der Waals surface area contributed by atoms with Crippen molar-refractivity contribution in [3.8, 4) is 0 Å². The minimum Gasteiger partial charge on any atom is -2.00 e. The van der Waals surface area contributed by atoms with Crippen LogP contribution >= 0.6 is 23.2 Å². The minimum atomic E-state index is -0.103. The molecule has 2 bridgehead atoms. The summed E-state index contributed by atoms with van der Waals surface area (Å²) in [5.41, 5.74) is 2.33. The molecule has 1 aromatic rings. The average Bonchev–Trinajstić information content (AvgIpc) is 3.14. The Hall–Kier alpha value is -0.0306. The largest absolute Gasteiger partial charge is 5.00 e. The van der Waals surface area contributed by atoms with Crippen molar-refractivity contribution in [2.75, 3.05) is 51.3 Å². The molecule has 212 valence electrons. The molecule has 0 amide bonds. The first-order valence-electron chi connectivity index (χ1n) is 12.8. The number of nitrogens with zero attached hydrogens (tertiary/aromatic N) is 4. The molecule has 7 nitrogen and oxygen atoms in total. The van der Waals surface area contributed by atoms with Crippen molar-refractivity contribution in [1.29, 1.82) is 0 Å². The second-order valence-electron chi connectivity index (χ2n) is 9.51. The van der Waals surface area contributed by atoms with E-state index < -0.39 is 0 Å². The Labute approximate surface area is 262 Å². The van der Waals surface area contributed by atoms with Gasteiger partial charge in [0.2, 0.25) is 0 Å². The summed E-state index contributed by atoms with van der Waals surface area (Å²) >= 11 is 22.7. The number of hydrogen-bond donors (Lipinski definition) is 0. The second kappa shape index (κ2) is 18.4. The van der Waals surface area contributed by atoms with E-state index in [4.69, 9.17) is 53.3 Å². The molecule has 4 atom stereocenters. The summed E-state index contributed by atoms with van der Waals surface area (Å²) in [5, 5.41) is 17.8. The van der Waals surface area contributed by atoms with Crippen LogP contribution < -0.4 is 5.11 Å². The number of aliphatic imine (C=N–C) groups is 1. The van der Waals surface area contributed by atoms with Crippen LogP contribution in [0.3, 0.4) is 0 Å². The number of oxime groups is 1. The van der Waals surface area contributed by atoms with Crippen molar-refractivity contribution >= 4 is 60.1 Å². The van der Waals surface area contributed by atoms with Gasteiger partial charge in [-0.25, -0.2) is 0 Å². The number of fused-ring (bicyclic) bond motifs is 2. The van der Waals surface area contributed by atoms with Gasteiger partial charge in [0.05, 0.1) is 15.8 Å². The van der Waals surface area contributed by atoms with Crippen molar-refractivity contribution in [3.05, 3.63) is 33.8 Å². The molecule has 2 fully saturated rings. The summed E-state index contributed by atoms with van der Waals surface area (Å²) < 4.78 is 0. The van der Waals surface area contributed by atoms with Crippen molar-refractivity contribution in [3.63, 3.8) is 0 Å². The summed E-state index contributed by atoms with van der Waals surface area (Å²) in [6.07, 6.45) is 5.19. The molecule has 0 N–H and O–H groups in total. The van der Waals surface area contributed by atoms with E-state index in [2.05, 4.69) is 32.9 Å². The monoisotopic (exact) mass is 685 g/mol. The summed E-state index contributed by atoms with van der Waals surface area (Å²) in [6.45, 7) is 5.42. The van der Waals surface area contributed by atoms with E-state index >= 15 is 0 Å². The van der Waals surface area contributed by atoms with Gasteiger partial charge in [-0.15, -0.1) is 0 Å². The van der Waals surface area contributed by atoms with Gasteiger partial charge in [0.25, 0.3) is 0 Å². The Morgan fingerprint density at radius 3 is 2.58 bits per heavy atom. The number of piperidine rings is 1. The second-order valence-corrected chi connectivity index (χ2v) is 11.1. The SMILES string of the molecule is CC/C(=N\OC)[C@@H]1C2CCC(C[C@H]1c1ccc(Cl)c(Cl)c1)N2CCCN(CC[S-])CC([O-])=NCC[S-].[98Tc+5].[O-2]. The Kier molecular flexibility index (Phi) is 17.4. The molecule has 12 heteroatoms. The Morgan fingerprint density at radius 2 is 1.95 bits per heavy atom. The normalized spacial score (nSPS) is 23.8. The fourth-order valence-corrected chi connectivity index (χ4v) is 6.62. The molecule has 38 heavy (non-hydrogen) atoms. The zero-order chi connectivity index (χ0) is 26.1. The predicted molar refractivity (Wildman–Crippen MR) is 154 cm³/mol. The first-order valence-corrected chi connectivity index (χ1v) is 14.7. The molecule has 2 unspecified atom stereocenters. The van der Waals surface area contributed by atoms with Crippen molar-refractivity contribution < 1.29 is 35.5 Å². The van der Waals surface area contributed by atoms with E-state index in [9.17, 15) is 5.11 Å². The van der Waals surface area contributed by atoms with Gasteiger partial charge < -0.3 is 50.6 Å². The van der Waals surface area contributed by atoms with Crippen LogP contribution in [0.1, 0.15) is 50.5 Å². The maximum absolute atomic E-state index is 12.2. The van der Waals surface area contributed by atoms with Gasteiger partial charge in [-0.1, -0.05) is 41.3 Å². The van der Waals surface area contributed by atoms with Crippen molar-refractivity contribution in [2.24, 2.45) is 16.1 Å². The van der Waals surface area contributed by atoms with Gasteiger partial charge in [-0.3, -0.25) is 4.90 Å². The van der Waals surface area contributed by atoms with Crippen molar-refractivity contribution in [1.82, 2.24) is 9.80 Å². The van der Waals surface area contributed by atoms with Gasteiger partial charge >= 0.3 is 20.1 Å². The Balaban J connectivity index is 0.00000361.